The first-order valence-electron chi connectivity index (χ1n) is 10.3. The lowest BCUT2D eigenvalue weighted by Gasteiger charge is -2.12. The topological polar surface area (TPSA) is 56.1 Å². The minimum Gasteiger partial charge on any atom is -0.488 e. The van der Waals surface area contributed by atoms with E-state index >= 15 is 0 Å². The van der Waals surface area contributed by atoms with Gasteiger partial charge in [-0.2, -0.15) is 5.10 Å². The van der Waals surface area contributed by atoms with Gasteiger partial charge >= 0.3 is 0 Å². The van der Waals surface area contributed by atoms with Crippen molar-refractivity contribution in [3.8, 4) is 5.75 Å². The summed E-state index contributed by atoms with van der Waals surface area (Å²) in [6.45, 7) is 5.09. The minimum atomic E-state index is -0.208. The Bertz CT molecular complexity index is 1210. The number of ether oxygens (including phenoxy) is 1. The molecule has 0 saturated carbocycles. The Kier molecular flexibility index (Phi) is 6.57. The molecule has 0 unspecified atom stereocenters. The van der Waals surface area contributed by atoms with Crippen LogP contribution in [0.15, 0.2) is 79.0 Å². The lowest BCUT2D eigenvalue weighted by molar-refractivity contribution is 0.102. The van der Waals surface area contributed by atoms with Crippen LogP contribution in [0.2, 0.25) is 5.02 Å². The van der Waals surface area contributed by atoms with Crippen LogP contribution in [0.5, 0.6) is 5.75 Å². The lowest BCUT2D eigenvalue weighted by Crippen LogP contribution is -2.13. The molecule has 32 heavy (non-hydrogen) atoms. The SMILES string of the molecule is Cc1cccc(C)c1OCc1ccc(C(=O)Nc2ccn(Cc3cccc(Cl)c3)n2)cc1. The Balaban J connectivity index is 1.34. The molecule has 1 amide bonds. The van der Waals surface area contributed by atoms with E-state index < -0.39 is 0 Å². The van der Waals surface area contributed by atoms with Crippen LogP contribution in [0.3, 0.4) is 0 Å². The Morgan fingerprint density at radius 1 is 0.969 bits per heavy atom. The number of benzene rings is 3. The fourth-order valence-corrected chi connectivity index (χ4v) is 3.67. The Labute approximate surface area is 192 Å². The van der Waals surface area contributed by atoms with Crippen LogP contribution in [0.25, 0.3) is 0 Å². The average Bonchev–Trinajstić information content (AvgIpc) is 3.20. The third-order valence-electron chi connectivity index (χ3n) is 5.12. The highest BCUT2D eigenvalue weighted by atomic mass is 35.5. The molecule has 4 aromatic rings. The van der Waals surface area contributed by atoms with E-state index in [1.165, 1.54) is 0 Å². The zero-order chi connectivity index (χ0) is 22.5. The number of carbonyl (C=O) groups excluding carboxylic acids is 1. The second-order valence-corrected chi connectivity index (χ2v) is 8.13. The number of para-hydroxylation sites is 1. The van der Waals surface area contributed by atoms with Gasteiger partial charge in [0, 0.05) is 22.8 Å². The van der Waals surface area contributed by atoms with Crippen LogP contribution < -0.4 is 10.1 Å². The van der Waals surface area contributed by atoms with Gasteiger partial charge in [0.1, 0.15) is 12.4 Å². The first-order valence-corrected chi connectivity index (χ1v) is 10.7. The number of nitrogens with one attached hydrogen (secondary N) is 1. The van der Waals surface area contributed by atoms with E-state index in [1.54, 1.807) is 22.9 Å². The summed E-state index contributed by atoms with van der Waals surface area (Å²) < 4.78 is 7.75. The molecule has 1 aromatic heterocycles. The van der Waals surface area contributed by atoms with Crippen LogP contribution in [0, 0.1) is 13.8 Å². The van der Waals surface area contributed by atoms with Gasteiger partial charge in [-0.25, -0.2) is 0 Å². The number of hydrogen-bond donors (Lipinski definition) is 1. The van der Waals surface area contributed by atoms with Gasteiger partial charge in [0.15, 0.2) is 5.82 Å². The quantitative estimate of drug-likeness (QED) is 0.377. The number of aromatic nitrogens is 2. The zero-order valence-electron chi connectivity index (χ0n) is 18.0. The number of rotatable bonds is 7. The summed E-state index contributed by atoms with van der Waals surface area (Å²) in [5.41, 5.74) is 4.81. The molecular weight excluding hydrogens is 422 g/mol. The summed E-state index contributed by atoms with van der Waals surface area (Å²) in [5.74, 6) is 1.20. The molecule has 162 valence electrons. The normalized spacial score (nSPS) is 10.7. The Morgan fingerprint density at radius 3 is 2.41 bits per heavy atom. The first-order chi connectivity index (χ1) is 15.5. The summed E-state index contributed by atoms with van der Waals surface area (Å²) in [4.78, 5) is 12.6. The van der Waals surface area contributed by atoms with E-state index in [0.717, 1.165) is 28.0 Å². The van der Waals surface area contributed by atoms with Crippen LogP contribution in [0.1, 0.15) is 32.6 Å². The summed E-state index contributed by atoms with van der Waals surface area (Å²) in [5, 5.41) is 7.95. The van der Waals surface area contributed by atoms with Crippen molar-refractivity contribution in [1.82, 2.24) is 9.78 Å². The molecule has 1 heterocycles. The fourth-order valence-electron chi connectivity index (χ4n) is 3.46. The molecule has 1 N–H and O–H groups in total. The smallest absolute Gasteiger partial charge is 0.256 e. The van der Waals surface area contributed by atoms with Gasteiger partial charge in [0.25, 0.3) is 5.91 Å². The summed E-state index contributed by atoms with van der Waals surface area (Å²) >= 11 is 6.03. The van der Waals surface area contributed by atoms with Crippen molar-refractivity contribution in [3.63, 3.8) is 0 Å². The molecule has 0 aliphatic heterocycles. The molecule has 4 rings (SSSR count). The number of aryl methyl sites for hydroxylation is 2. The van der Waals surface area contributed by atoms with Crippen molar-refractivity contribution < 1.29 is 9.53 Å². The standard InChI is InChI=1S/C26H24ClN3O2/c1-18-5-3-6-19(2)25(18)32-17-20-9-11-22(12-10-20)26(31)28-24-13-14-30(29-24)16-21-7-4-8-23(27)15-21/h3-15H,16-17H2,1-2H3,(H,28,29,31). The molecular formula is C26H24ClN3O2. The highest BCUT2D eigenvalue weighted by molar-refractivity contribution is 6.30. The second kappa shape index (κ2) is 9.71. The zero-order valence-corrected chi connectivity index (χ0v) is 18.8. The number of hydrogen-bond acceptors (Lipinski definition) is 3. The summed E-state index contributed by atoms with van der Waals surface area (Å²) in [6, 6.07) is 22.9. The maximum atomic E-state index is 12.6. The monoisotopic (exact) mass is 445 g/mol. The van der Waals surface area contributed by atoms with E-state index in [2.05, 4.69) is 10.4 Å². The van der Waals surface area contributed by atoms with Crippen molar-refractivity contribution in [2.24, 2.45) is 0 Å². The molecule has 3 aromatic carbocycles. The molecule has 0 atom stereocenters. The largest absolute Gasteiger partial charge is 0.488 e. The molecule has 0 bridgehead atoms. The number of halogens is 1. The second-order valence-electron chi connectivity index (χ2n) is 7.69. The lowest BCUT2D eigenvalue weighted by atomic mass is 10.1. The van der Waals surface area contributed by atoms with Gasteiger partial charge in [0.2, 0.25) is 0 Å². The highest BCUT2D eigenvalue weighted by Gasteiger charge is 2.09. The van der Waals surface area contributed by atoms with Gasteiger partial charge in [-0.1, -0.05) is 54.1 Å². The highest BCUT2D eigenvalue weighted by Crippen LogP contribution is 2.23. The van der Waals surface area contributed by atoms with E-state index in [0.29, 0.717) is 29.6 Å². The van der Waals surface area contributed by atoms with Crippen LogP contribution >= 0.6 is 11.6 Å². The van der Waals surface area contributed by atoms with Gasteiger partial charge < -0.3 is 10.1 Å². The first kappa shape index (κ1) is 21.7. The third kappa shape index (κ3) is 5.37. The maximum absolute atomic E-state index is 12.6. The van der Waals surface area contributed by atoms with Crippen molar-refractivity contribution >= 4 is 23.3 Å². The molecule has 0 aliphatic carbocycles. The van der Waals surface area contributed by atoms with Crippen LogP contribution in [-0.2, 0) is 13.2 Å². The molecule has 0 aliphatic rings. The fraction of sp³-hybridized carbons (Fsp3) is 0.154. The minimum absolute atomic E-state index is 0.208. The number of amides is 1. The van der Waals surface area contributed by atoms with Gasteiger partial charge in [-0.15, -0.1) is 0 Å². The maximum Gasteiger partial charge on any atom is 0.256 e. The molecule has 0 spiro atoms. The van der Waals surface area contributed by atoms with E-state index in [4.69, 9.17) is 16.3 Å². The third-order valence-corrected chi connectivity index (χ3v) is 5.36. The number of carbonyl (C=O) groups is 1. The predicted molar refractivity (Wildman–Crippen MR) is 127 cm³/mol. The van der Waals surface area contributed by atoms with Gasteiger partial charge in [-0.05, 0) is 60.4 Å². The Morgan fingerprint density at radius 2 is 1.69 bits per heavy atom. The Hall–Kier alpha value is -3.57. The average molecular weight is 446 g/mol. The van der Waals surface area contributed by atoms with Crippen molar-refractivity contribution in [2.45, 2.75) is 27.0 Å². The molecule has 0 saturated heterocycles. The molecule has 6 heteroatoms. The molecule has 5 nitrogen and oxygen atoms in total. The summed E-state index contributed by atoms with van der Waals surface area (Å²) in [7, 11) is 0. The number of anilines is 1. The van der Waals surface area contributed by atoms with E-state index in [1.807, 2.05) is 74.6 Å². The van der Waals surface area contributed by atoms with E-state index in [-0.39, 0.29) is 5.91 Å². The van der Waals surface area contributed by atoms with Crippen LogP contribution in [-0.4, -0.2) is 15.7 Å². The summed E-state index contributed by atoms with van der Waals surface area (Å²) in [6.07, 6.45) is 1.82. The van der Waals surface area contributed by atoms with E-state index in [9.17, 15) is 4.79 Å². The van der Waals surface area contributed by atoms with Crippen LogP contribution in [0.4, 0.5) is 5.82 Å². The van der Waals surface area contributed by atoms with Crippen molar-refractivity contribution in [2.75, 3.05) is 5.32 Å². The molecule has 0 radical (unpaired) electrons. The molecule has 0 fully saturated rings. The van der Waals surface area contributed by atoms with Crippen molar-refractivity contribution in [3.05, 3.63) is 112 Å². The van der Waals surface area contributed by atoms with Crippen molar-refractivity contribution in [1.29, 1.82) is 0 Å². The van der Waals surface area contributed by atoms with Gasteiger partial charge in [-0.3, -0.25) is 9.48 Å². The van der Waals surface area contributed by atoms with Gasteiger partial charge in [0.05, 0.1) is 6.54 Å². The predicted octanol–water partition coefficient (Wildman–Crippen LogP) is 6.03. The number of nitrogens with zero attached hydrogens (tertiary/aromatic N) is 2.